The van der Waals surface area contributed by atoms with Gasteiger partial charge in [-0.2, -0.15) is 0 Å². The zero-order valence-corrected chi connectivity index (χ0v) is 15.0. The highest BCUT2D eigenvalue weighted by Crippen LogP contribution is 2.55. The fourth-order valence-corrected chi connectivity index (χ4v) is 6.00. The van der Waals surface area contributed by atoms with Crippen LogP contribution in [0.1, 0.15) is 49.7 Å². The lowest BCUT2D eigenvalue weighted by Crippen LogP contribution is -2.58. The van der Waals surface area contributed by atoms with Crippen LogP contribution in [0.5, 0.6) is 0 Å². The molecule has 4 aliphatic rings. The monoisotopic (exact) mass is 333 g/mol. The summed E-state index contributed by atoms with van der Waals surface area (Å²) in [6.45, 7) is 3.01. The molecular formula is C22H27N3. The predicted molar refractivity (Wildman–Crippen MR) is 99.9 cm³/mol. The van der Waals surface area contributed by atoms with Gasteiger partial charge in [-0.15, -0.1) is 0 Å². The molecule has 3 nitrogen and oxygen atoms in total. The SMILES string of the molecule is Cc1cccc(-c2ncc(CNC34CC5CC(CC(C5)C3)C4)cn2)c1. The summed E-state index contributed by atoms with van der Waals surface area (Å²) in [5.41, 5.74) is 3.95. The number of nitrogens with zero attached hydrogens (tertiary/aromatic N) is 2. The molecule has 0 radical (unpaired) electrons. The highest BCUT2D eigenvalue weighted by atomic mass is 15.0. The zero-order valence-electron chi connectivity index (χ0n) is 15.0. The third-order valence-corrected chi connectivity index (χ3v) is 6.69. The number of aryl methyl sites for hydroxylation is 1. The van der Waals surface area contributed by atoms with Crippen molar-refractivity contribution in [3.05, 3.63) is 47.8 Å². The summed E-state index contributed by atoms with van der Waals surface area (Å²) in [5.74, 6) is 3.78. The fourth-order valence-electron chi connectivity index (χ4n) is 6.00. The van der Waals surface area contributed by atoms with Gasteiger partial charge in [0.25, 0.3) is 0 Å². The molecule has 1 aromatic heterocycles. The van der Waals surface area contributed by atoms with E-state index in [1.165, 1.54) is 49.7 Å². The minimum absolute atomic E-state index is 0.407. The van der Waals surface area contributed by atoms with E-state index >= 15 is 0 Å². The lowest BCUT2D eigenvalue weighted by Gasteiger charge is -2.57. The number of aromatic nitrogens is 2. The molecule has 0 atom stereocenters. The van der Waals surface area contributed by atoms with Gasteiger partial charge in [0.1, 0.15) is 0 Å². The third-order valence-electron chi connectivity index (χ3n) is 6.69. The molecule has 0 amide bonds. The lowest BCUT2D eigenvalue weighted by atomic mass is 9.53. The molecule has 4 bridgehead atoms. The average molecular weight is 333 g/mol. The van der Waals surface area contributed by atoms with Crippen molar-refractivity contribution >= 4 is 0 Å². The number of benzene rings is 1. The number of rotatable bonds is 4. The first-order valence-corrected chi connectivity index (χ1v) is 9.80. The van der Waals surface area contributed by atoms with Crippen LogP contribution >= 0.6 is 0 Å². The molecule has 0 saturated heterocycles. The molecular weight excluding hydrogens is 306 g/mol. The maximum atomic E-state index is 4.60. The molecule has 1 N–H and O–H groups in total. The van der Waals surface area contributed by atoms with Crippen LogP contribution in [0.2, 0.25) is 0 Å². The summed E-state index contributed by atoms with van der Waals surface area (Å²) in [7, 11) is 0. The van der Waals surface area contributed by atoms with Crippen molar-refractivity contribution in [2.24, 2.45) is 17.8 Å². The van der Waals surface area contributed by atoms with Crippen LogP contribution in [0, 0.1) is 24.7 Å². The van der Waals surface area contributed by atoms with Crippen molar-refractivity contribution in [3.8, 4) is 11.4 Å². The largest absolute Gasteiger partial charge is 0.307 e. The van der Waals surface area contributed by atoms with Gasteiger partial charge in [-0.25, -0.2) is 9.97 Å². The van der Waals surface area contributed by atoms with Gasteiger partial charge in [-0.3, -0.25) is 0 Å². The van der Waals surface area contributed by atoms with Crippen molar-refractivity contribution < 1.29 is 0 Å². The predicted octanol–water partition coefficient (Wildman–Crippen LogP) is 4.51. The van der Waals surface area contributed by atoms with Crippen LogP contribution in [0.15, 0.2) is 36.7 Å². The Morgan fingerprint density at radius 2 is 1.64 bits per heavy atom. The van der Waals surface area contributed by atoms with E-state index in [2.05, 4.69) is 46.5 Å². The Morgan fingerprint density at radius 1 is 1.00 bits per heavy atom. The molecule has 6 rings (SSSR count). The van der Waals surface area contributed by atoms with E-state index < -0.39 is 0 Å². The fraction of sp³-hybridized carbons (Fsp3) is 0.545. The van der Waals surface area contributed by atoms with Gasteiger partial charge in [0.2, 0.25) is 0 Å². The Labute approximate surface area is 150 Å². The molecule has 1 aromatic carbocycles. The van der Waals surface area contributed by atoms with E-state index in [1.807, 2.05) is 12.4 Å². The number of hydrogen-bond acceptors (Lipinski definition) is 3. The maximum absolute atomic E-state index is 4.60. The van der Waals surface area contributed by atoms with Crippen LogP contribution in [-0.2, 0) is 6.54 Å². The minimum atomic E-state index is 0.407. The second-order valence-corrected chi connectivity index (χ2v) is 8.84. The van der Waals surface area contributed by atoms with Crippen LogP contribution in [0.25, 0.3) is 11.4 Å². The smallest absolute Gasteiger partial charge is 0.159 e. The molecule has 0 spiro atoms. The van der Waals surface area contributed by atoms with Crippen LogP contribution in [0.3, 0.4) is 0 Å². The normalized spacial score (nSPS) is 32.9. The van der Waals surface area contributed by atoms with Crippen LogP contribution < -0.4 is 5.32 Å². The van der Waals surface area contributed by atoms with Crippen molar-refractivity contribution in [2.45, 2.75) is 57.5 Å². The molecule has 0 aliphatic heterocycles. The highest BCUT2D eigenvalue weighted by Gasteiger charge is 2.50. The molecule has 4 fully saturated rings. The van der Waals surface area contributed by atoms with E-state index in [-0.39, 0.29) is 0 Å². The summed E-state index contributed by atoms with van der Waals surface area (Å²) < 4.78 is 0. The van der Waals surface area contributed by atoms with Gasteiger partial charge < -0.3 is 5.32 Å². The Bertz CT molecular complexity index is 730. The summed E-state index contributed by atoms with van der Waals surface area (Å²) in [4.78, 5) is 9.21. The van der Waals surface area contributed by atoms with Crippen molar-refractivity contribution in [1.82, 2.24) is 15.3 Å². The first-order chi connectivity index (χ1) is 12.2. The zero-order chi connectivity index (χ0) is 16.9. The molecule has 1 heterocycles. The minimum Gasteiger partial charge on any atom is -0.307 e. The van der Waals surface area contributed by atoms with Crippen molar-refractivity contribution in [1.29, 1.82) is 0 Å². The topological polar surface area (TPSA) is 37.8 Å². The highest BCUT2D eigenvalue weighted by molar-refractivity contribution is 5.55. The molecule has 3 heteroatoms. The number of hydrogen-bond donors (Lipinski definition) is 1. The van der Waals surface area contributed by atoms with Crippen molar-refractivity contribution in [2.75, 3.05) is 0 Å². The van der Waals surface area contributed by atoms with E-state index in [9.17, 15) is 0 Å². The second-order valence-electron chi connectivity index (χ2n) is 8.84. The van der Waals surface area contributed by atoms with E-state index in [1.54, 1.807) is 0 Å². The van der Waals surface area contributed by atoms with Crippen molar-refractivity contribution in [3.63, 3.8) is 0 Å². The third kappa shape index (κ3) is 2.99. The molecule has 4 aliphatic carbocycles. The summed E-state index contributed by atoms with van der Waals surface area (Å²) in [6.07, 6.45) is 12.7. The molecule has 2 aromatic rings. The van der Waals surface area contributed by atoms with Gasteiger partial charge in [-0.1, -0.05) is 23.8 Å². The molecule has 130 valence electrons. The van der Waals surface area contributed by atoms with E-state index in [0.717, 1.165) is 35.7 Å². The van der Waals surface area contributed by atoms with Gasteiger partial charge in [-0.05, 0) is 69.3 Å². The first-order valence-electron chi connectivity index (χ1n) is 9.80. The summed E-state index contributed by atoms with van der Waals surface area (Å²) in [5, 5.41) is 3.93. The summed E-state index contributed by atoms with van der Waals surface area (Å²) in [6, 6.07) is 8.39. The molecule has 0 unspecified atom stereocenters. The Morgan fingerprint density at radius 3 is 2.24 bits per heavy atom. The quantitative estimate of drug-likeness (QED) is 0.894. The number of nitrogens with one attached hydrogen (secondary N) is 1. The molecule has 4 saturated carbocycles. The Kier molecular flexibility index (Phi) is 3.67. The van der Waals surface area contributed by atoms with E-state index in [4.69, 9.17) is 0 Å². The van der Waals surface area contributed by atoms with Gasteiger partial charge in [0, 0.05) is 35.6 Å². The Hall–Kier alpha value is -1.74. The first kappa shape index (κ1) is 15.5. The lowest BCUT2D eigenvalue weighted by molar-refractivity contribution is -0.0206. The summed E-state index contributed by atoms with van der Waals surface area (Å²) >= 11 is 0. The van der Waals surface area contributed by atoms with E-state index in [0.29, 0.717) is 5.54 Å². The maximum Gasteiger partial charge on any atom is 0.159 e. The van der Waals surface area contributed by atoms with Crippen LogP contribution in [-0.4, -0.2) is 15.5 Å². The Balaban J connectivity index is 1.27. The average Bonchev–Trinajstić information content (AvgIpc) is 2.59. The second kappa shape index (κ2) is 5.91. The van der Waals surface area contributed by atoms with Crippen LogP contribution in [0.4, 0.5) is 0 Å². The standard InChI is InChI=1S/C22H27N3/c1-15-3-2-4-20(5-15)21-23-12-19(13-24-21)14-25-22-9-16-6-17(10-22)8-18(7-16)11-22/h2-5,12-13,16-18,25H,6-11,14H2,1H3. The van der Waals surface area contributed by atoms with Gasteiger partial charge in [0.05, 0.1) is 0 Å². The van der Waals surface area contributed by atoms with Gasteiger partial charge >= 0.3 is 0 Å². The molecule has 25 heavy (non-hydrogen) atoms. The van der Waals surface area contributed by atoms with Gasteiger partial charge in [0.15, 0.2) is 5.82 Å².